The number of aryl methyl sites for hydroxylation is 4. The van der Waals surface area contributed by atoms with Gasteiger partial charge in [0.2, 0.25) is 0 Å². The van der Waals surface area contributed by atoms with Crippen LogP contribution >= 0.6 is 11.3 Å². The molecule has 24 heavy (non-hydrogen) atoms. The Morgan fingerprint density at radius 3 is 2.88 bits per heavy atom. The lowest BCUT2D eigenvalue weighted by Gasteiger charge is -2.06. The Balaban J connectivity index is 1.43. The number of thiazole rings is 1. The van der Waals surface area contributed by atoms with Crippen molar-refractivity contribution in [3.63, 3.8) is 0 Å². The van der Waals surface area contributed by atoms with Gasteiger partial charge in [0.25, 0.3) is 0 Å². The normalized spacial score (nSPS) is 14.1. The van der Waals surface area contributed by atoms with Crippen LogP contribution in [0, 0.1) is 13.8 Å². The summed E-state index contributed by atoms with van der Waals surface area (Å²) >= 11 is 1.93. The smallest absolute Gasteiger partial charge is 0.0931 e. The summed E-state index contributed by atoms with van der Waals surface area (Å²) in [6.07, 6.45) is 7.25. The zero-order chi connectivity index (χ0) is 16.9. The van der Waals surface area contributed by atoms with E-state index in [4.69, 9.17) is 10.1 Å². The second-order valence-electron chi connectivity index (χ2n) is 6.56. The Labute approximate surface area is 148 Å². The van der Waals surface area contributed by atoms with E-state index >= 15 is 0 Å². The van der Waals surface area contributed by atoms with E-state index < -0.39 is 0 Å². The van der Waals surface area contributed by atoms with Crippen LogP contribution in [0.15, 0.2) is 0 Å². The molecule has 0 aliphatic heterocycles. The summed E-state index contributed by atoms with van der Waals surface area (Å²) in [5.41, 5.74) is 4.84. The molecule has 132 valence electrons. The van der Waals surface area contributed by atoms with Gasteiger partial charge in [-0.15, -0.1) is 11.3 Å². The largest absolute Gasteiger partial charge is 0.394 e. The fourth-order valence-corrected chi connectivity index (χ4v) is 4.59. The summed E-state index contributed by atoms with van der Waals surface area (Å²) in [6.45, 7) is 6.66. The van der Waals surface area contributed by atoms with Gasteiger partial charge in [0, 0.05) is 29.1 Å². The topological polar surface area (TPSA) is 63.0 Å². The van der Waals surface area contributed by atoms with E-state index in [2.05, 4.69) is 17.3 Å². The number of nitrogens with one attached hydrogen (secondary N) is 1. The van der Waals surface area contributed by atoms with Crippen LogP contribution < -0.4 is 5.32 Å². The highest BCUT2D eigenvalue weighted by Gasteiger charge is 2.15. The summed E-state index contributed by atoms with van der Waals surface area (Å²) in [7, 11) is 0. The van der Waals surface area contributed by atoms with Gasteiger partial charge in [-0.05, 0) is 52.5 Å². The highest BCUT2D eigenvalue weighted by atomic mass is 32.1. The molecule has 2 heterocycles. The van der Waals surface area contributed by atoms with Crippen molar-refractivity contribution in [1.82, 2.24) is 20.1 Å². The van der Waals surface area contributed by atoms with Crippen molar-refractivity contribution in [1.29, 1.82) is 0 Å². The number of aliphatic hydroxyl groups excluding tert-OH is 1. The maximum absolute atomic E-state index is 9.08. The average molecular weight is 349 g/mol. The predicted molar refractivity (Wildman–Crippen MR) is 97.6 cm³/mol. The number of hydrogen-bond acceptors (Lipinski definition) is 5. The summed E-state index contributed by atoms with van der Waals surface area (Å²) in [6, 6.07) is 0. The summed E-state index contributed by atoms with van der Waals surface area (Å²) in [4.78, 5) is 6.35. The fraction of sp³-hybridized carbons (Fsp3) is 0.667. The Kier molecular flexibility index (Phi) is 6.03. The van der Waals surface area contributed by atoms with Crippen molar-refractivity contribution in [2.45, 2.75) is 65.5 Å². The minimum absolute atomic E-state index is 0.132. The lowest BCUT2D eigenvalue weighted by atomic mass is 10.0. The third-order valence-corrected chi connectivity index (χ3v) is 6.00. The van der Waals surface area contributed by atoms with Crippen LogP contribution in [0.1, 0.15) is 51.8 Å². The van der Waals surface area contributed by atoms with Crippen LogP contribution in [-0.4, -0.2) is 33.0 Å². The van der Waals surface area contributed by atoms with E-state index in [0.29, 0.717) is 6.54 Å². The first kappa shape index (κ1) is 17.6. The van der Waals surface area contributed by atoms with Gasteiger partial charge in [0.1, 0.15) is 0 Å². The molecule has 0 amide bonds. The van der Waals surface area contributed by atoms with E-state index in [1.54, 1.807) is 0 Å². The van der Waals surface area contributed by atoms with E-state index in [1.807, 2.05) is 22.9 Å². The highest BCUT2D eigenvalue weighted by molar-refractivity contribution is 7.11. The second-order valence-corrected chi connectivity index (χ2v) is 7.73. The number of fused-ring (bicyclic) bond motifs is 1. The van der Waals surface area contributed by atoms with Gasteiger partial charge >= 0.3 is 0 Å². The van der Waals surface area contributed by atoms with E-state index in [1.165, 1.54) is 46.8 Å². The molecule has 2 aromatic rings. The minimum atomic E-state index is 0.132. The molecule has 0 bridgehead atoms. The molecule has 0 aromatic carbocycles. The number of aliphatic hydroxyl groups is 1. The number of rotatable bonds is 8. The van der Waals surface area contributed by atoms with Crippen molar-refractivity contribution in [2.24, 2.45) is 0 Å². The van der Waals surface area contributed by atoms with Crippen molar-refractivity contribution >= 4 is 11.3 Å². The monoisotopic (exact) mass is 348 g/mol. The van der Waals surface area contributed by atoms with Crippen LogP contribution in [0.3, 0.4) is 0 Å². The summed E-state index contributed by atoms with van der Waals surface area (Å²) < 4.78 is 1.90. The number of hydrogen-bond donors (Lipinski definition) is 2. The molecule has 0 atom stereocenters. The van der Waals surface area contributed by atoms with Crippen molar-refractivity contribution in [3.05, 3.63) is 32.5 Å². The van der Waals surface area contributed by atoms with Gasteiger partial charge in [-0.1, -0.05) is 0 Å². The number of nitrogens with zero attached hydrogens (tertiary/aromatic N) is 3. The maximum Gasteiger partial charge on any atom is 0.0931 e. The van der Waals surface area contributed by atoms with Crippen molar-refractivity contribution in [2.75, 3.05) is 13.2 Å². The van der Waals surface area contributed by atoms with E-state index in [-0.39, 0.29) is 6.61 Å². The molecule has 2 aromatic heterocycles. The summed E-state index contributed by atoms with van der Waals surface area (Å²) in [5, 5.41) is 18.4. The molecule has 1 aliphatic rings. The average Bonchev–Trinajstić information content (AvgIpc) is 3.10. The second kappa shape index (κ2) is 8.23. The molecule has 0 fully saturated rings. The van der Waals surface area contributed by atoms with Crippen LogP contribution in [0.25, 0.3) is 0 Å². The number of aromatic nitrogens is 3. The molecule has 5 nitrogen and oxygen atoms in total. The first-order valence-electron chi connectivity index (χ1n) is 9.01. The van der Waals surface area contributed by atoms with Gasteiger partial charge in [-0.2, -0.15) is 5.10 Å². The first-order chi connectivity index (χ1) is 11.7. The quantitative estimate of drug-likeness (QED) is 0.720. The van der Waals surface area contributed by atoms with E-state index in [9.17, 15) is 0 Å². The van der Waals surface area contributed by atoms with Crippen molar-refractivity contribution < 1.29 is 5.11 Å². The molecule has 0 spiro atoms. The lowest BCUT2D eigenvalue weighted by molar-refractivity contribution is 0.267. The molecule has 0 radical (unpaired) electrons. The van der Waals surface area contributed by atoms with Crippen LogP contribution in [0.2, 0.25) is 0 Å². The SMILES string of the molecule is Cc1nn(CCO)c(C)c1CNCCCc1nc2c(s1)CCCC2. The molecule has 2 N–H and O–H groups in total. The summed E-state index contributed by atoms with van der Waals surface area (Å²) in [5.74, 6) is 0. The van der Waals surface area contributed by atoms with Gasteiger partial charge in [0.05, 0.1) is 29.5 Å². The molecule has 0 unspecified atom stereocenters. The van der Waals surface area contributed by atoms with Crippen LogP contribution in [-0.2, 0) is 32.4 Å². The molecule has 6 heteroatoms. The van der Waals surface area contributed by atoms with Gasteiger partial charge in [-0.25, -0.2) is 4.98 Å². The predicted octanol–water partition coefficient (Wildman–Crippen LogP) is 2.55. The van der Waals surface area contributed by atoms with Crippen LogP contribution in [0.5, 0.6) is 0 Å². The Morgan fingerprint density at radius 2 is 2.08 bits per heavy atom. The molecular weight excluding hydrogens is 320 g/mol. The van der Waals surface area contributed by atoms with Gasteiger partial charge < -0.3 is 10.4 Å². The molecular formula is C18H28N4OS. The van der Waals surface area contributed by atoms with Crippen molar-refractivity contribution in [3.8, 4) is 0 Å². The van der Waals surface area contributed by atoms with Gasteiger partial charge in [0.15, 0.2) is 0 Å². The molecule has 0 saturated heterocycles. The lowest BCUT2D eigenvalue weighted by Crippen LogP contribution is -2.16. The van der Waals surface area contributed by atoms with Gasteiger partial charge in [-0.3, -0.25) is 4.68 Å². The Morgan fingerprint density at radius 1 is 1.25 bits per heavy atom. The molecule has 1 aliphatic carbocycles. The molecule has 3 rings (SSSR count). The zero-order valence-corrected chi connectivity index (χ0v) is 15.6. The standard InChI is InChI=1S/C18H28N4OS/c1-13-15(14(2)22(21-13)10-11-23)12-19-9-5-8-18-20-16-6-3-4-7-17(16)24-18/h19,23H,3-12H2,1-2H3. The third kappa shape index (κ3) is 4.05. The highest BCUT2D eigenvalue weighted by Crippen LogP contribution is 2.27. The zero-order valence-electron chi connectivity index (χ0n) is 14.8. The fourth-order valence-electron chi connectivity index (χ4n) is 3.39. The Bertz CT molecular complexity index is 653. The third-order valence-electron chi connectivity index (χ3n) is 4.78. The first-order valence-corrected chi connectivity index (χ1v) is 9.82. The van der Waals surface area contributed by atoms with E-state index in [0.717, 1.165) is 37.3 Å². The maximum atomic E-state index is 9.08. The minimum Gasteiger partial charge on any atom is -0.394 e. The molecule has 0 saturated carbocycles. The Hall–Kier alpha value is -1.24. The van der Waals surface area contributed by atoms with Crippen LogP contribution in [0.4, 0.5) is 0 Å².